The van der Waals surface area contributed by atoms with E-state index in [1.807, 2.05) is 25.7 Å². The van der Waals surface area contributed by atoms with Crippen molar-refractivity contribution >= 4 is 17.8 Å². The third kappa shape index (κ3) is 8.94. The molecule has 1 unspecified atom stereocenters. The van der Waals surface area contributed by atoms with Crippen molar-refractivity contribution in [3.8, 4) is 5.75 Å². The van der Waals surface area contributed by atoms with Crippen molar-refractivity contribution in [3.05, 3.63) is 29.8 Å². The van der Waals surface area contributed by atoms with E-state index in [1.54, 1.807) is 24.3 Å². The number of carbonyl (C=O) groups excluding carboxylic acids is 2. The highest BCUT2D eigenvalue weighted by molar-refractivity contribution is 5.90. The molecule has 9 heteroatoms. The Morgan fingerprint density at radius 2 is 1.74 bits per heavy atom. The summed E-state index contributed by atoms with van der Waals surface area (Å²) in [5.74, 6) is -1.29. The Balaban J connectivity index is 1.87. The van der Waals surface area contributed by atoms with Crippen LogP contribution in [0.5, 0.6) is 5.75 Å². The number of hydrogen-bond donors (Lipinski definition) is 3. The molecule has 172 valence electrons. The molecule has 9 nitrogen and oxygen atoms in total. The van der Waals surface area contributed by atoms with Gasteiger partial charge in [0.1, 0.15) is 23.4 Å². The third-order valence-corrected chi connectivity index (χ3v) is 4.64. The van der Waals surface area contributed by atoms with Gasteiger partial charge in [0, 0.05) is 19.5 Å². The Morgan fingerprint density at radius 3 is 2.29 bits per heavy atom. The fraction of sp³-hybridized carbons (Fsp3) is 0.591. The number of nitrogens with one attached hydrogen (secondary N) is 2. The summed E-state index contributed by atoms with van der Waals surface area (Å²) in [7, 11) is 0. The van der Waals surface area contributed by atoms with Gasteiger partial charge in [-0.15, -0.1) is 0 Å². The van der Waals surface area contributed by atoms with E-state index in [0.29, 0.717) is 32.1 Å². The smallest absolute Gasteiger partial charge is 0.326 e. The maximum absolute atomic E-state index is 12.4. The number of carboxylic acid groups (broad SMARTS) is 1. The fourth-order valence-corrected chi connectivity index (χ4v) is 3.09. The van der Waals surface area contributed by atoms with E-state index in [0.717, 1.165) is 5.56 Å². The van der Waals surface area contributed by atoms with E-state index in [9.17, 15) is 19.5 Å². The zero-order valence-electron chi connectivity index (χ0n) is 18.6. The van der Waals surface area contributed by atoms with Gasteiger partial charge in [0.2, 0.25) is 11.8 Å². The van der Waals surface area contributed by atoms with Crippen LogP contribution in [0.3, 0.4) is 0 Å². The molecule has 31 heavy (non-hydrogen) atoms. The summed E-state index contributed by atoms with van der Waals surface area (Å²) in [5, 5.41) is 14.7. The number of hydrogen-bond acceptors (Lipinski definition) is 6. The fourth-order valence-electron chi connectivity index (χ4n) is 3.09. The van der Waals surface area contributed by atoms with Gasteiger partial charge in [0.05, 0.1) is 19.8 Å². The van der Waals surface area contributed by atoms with Crippen LogP contribution in [0.25, 0.3) is 0 Å². The minimum atomic E-state index is -1.14. The number of benzene rings is 1. The molecule has 3 N–H and O–H groups in total. The Bertz CT molecular complexity index is 754. The molecule has 0 saturated carbocycles. The lowest BCUT2D eigenvalue weighted by atomic mass is 10.1. The summed E-state index contributed by atoms with van der Waals surface area (Å²) >= 11 is 0. The van der Waals surface area contributed by atoms with Crippen LogP contribution < -0.4 is 15.4 Å². The van der Waals surface area contributed by atoms with Crippen molar-refractivity contribution in [2.45, 2.75) is 51.8 Å². The Kier molecular flexibility index (Phi) is 8.82. The van der Waals surface area contributed by atoms with Crippen molar-refractivity contribution in [3.63, 3.8) is 0 Å². The highest BCUT2D eigenvalue weighted by Crippen LogP contribution is 2.19. The van der Waals surface area contributed by atoms with Gasteiger partial charge in [-0.25, -0.2) is 4.79 Å². The summed E-state index contributed by atoms with van der Waals surface area (Å²) in [4.78, 5) is 38.2. The number of carbonyl (C=O) groups is 3. The molecular formula is C22H33N3O6. The van der Waals surface area contributed by atoms with Crippen molar-refractivity contribution in [2.75, 3.05) is 32.8 Å². The molecule has 1 aromatic carbocycles. The molecule has 2 amide bonds. The monoisotopic (exact) mass is 435 g/mol. The van der Waals surface area contributed by atoms with Gasteiger partial charge >= 0.3 is 5.97 Å². The van der Waals surface area contributed by atoms with Gasteiger partial charge in [-0.2, -0.15) is 0 Å². The van der Waals surface area contributed by atoms with Crippen LogP contribution in [0, 0.1) is 0 Å². The first-order valence-corrected chi connectivity index (χ1v) is 10.4. The van der Waals surface area contributed by atoms with Gasteiger partial charge in [-0.1, -0.05) is 12.1 Å². The second kappa shape index (κ2) is 11.1. The first-order valence-electron chi connectivity index (χ1n) is 10.4. The molecule has 0 radical (unpaired) electrons. The van der Waals surface area contributed by atoms with E-state index in [2.05, 4.69) is 10.6 Å². The zero-order chi connectivity index (χ0) is 23.0. The van der Waals surface area contributed by atoms with Crippen molar-refractivity contribution in [1.29, 1.82) is 0 Å². The Morgan fingerprint density at radius 1 is 1.13 bits per heavy atom. The van der Waals surface area contributed by atoms with Gasteiger partial charge in [-0.3, -0.25) is 14.5 Å². The van der Waals surface area contributed by atoms with Crippen LogP contribution in [0.15, 0.2) is 24.3 Å². The van der Waals surface area contributed by atoms with Crippen LogP contribution in [0.2, 0.25) is 0 Å². The van der Waals surface area contributed by atoms with Crippen LogP contribution in [0.4, 0.5) is 0 Å². The number of morpholine rings is 1. The summed E-state index contributed by atoms with van der Waals surface area (Å²) in [6.07, 6.45) is 0.116. The van der Waals surface area contributed by atoms with Crippen molar-refractivity contribution in [1.82, 2.24) is 15.5 Å². The number of rotatable bonds is 9. The minimum absolute atomic E-state index is 0.116. The number of ether oxygens (including phenoxy) is 2. The third-order valence-electron chi connectivity index (χ3n) is 4.64. The SMILES string of the molecule is C[C@H](NC(=O)CN1CCOCC1)C(=O)NC(Cc1ccc(OC(C)(C)C)cc1)C(=O)O. The topological polar surface area (TPSA) is 117 Å². The minimum Gasteiger partial charge on any atom is -0.488 e. The van der Waals surface area contributed by atoms with Crippen LogP contribution >= 0.6 is 0 Å². The number of amides is 2. The predicted octanol–water partition coefficient (Wildman–Crippen LogP) is 0.813. The lowest BCUT2D eigenvalue weighted by Gasteiger charge is -2.26. The van der Waals surface area contributed by atoms with Crippen molar-refractivity contribution < 1.29 is 29.0 Å². The number of nitrogens with zero attached hydrogens (tertiary/aromatic N) is 1. The van der Waals surface area contributed by atoms with E-state index < -0.39 is 24.0 Å². The lowest BCUT2D eigenvalue weighted by Crippen LogP contribution is -2.53. The molecule has 0 aliphatic carbocycles. The molecule has 2 atom stereocenters. The molecule has 0 spiro atoms. The first-order chi connectivity index (χ1) is 14.5. The second-order valence-electron chi connectivity index (χ2n) is 8.64. The van der Waals surface area contributed by atoms with E-state index in [-0.39, 0.29) is 24.5 Å². The van der Waals surface area contributed by atoms with Gasteiger partial charge in [-0.05, 0) is 45.4 Å². The van der Waals surface area contributed by atoms with Gasteiger partial charge < -0.3 is 25.2 Å². The highest BCUT2D eigenvalue weighted by Gasteiger charge is 2.25. The summed E-state index contributed by atoms with van der Waals surface area (Å²) in [6, 6.07) is 5.14. The normalized spacial score (nSPS) is 16.8. The standard InChI is InChI=1S/C22H33N3O6/c1-15(23-19(26)14-25-9-11-30-12-10-25)20(27)24-18(21(28)29)13-16-5-7-17(8-6-16)31-22(2,3)4/h5-8,15,18H,9-14H2,1-4H3,(H,23,26)(H,24,27)(H,28,29)/t15-,18?/m0/s1. The Labute approximate surface area is 183 Å². The molecular weight excluding hydrogens is 402 g/mol. The Hall–Kier alpha value is -2.65. The van der Waals surface area contributed by atoms with E-state index in [1.165, 1.54) is 6.92 Å². The van der Waals surface area contributed by atoms with E-state index >= 15 is 0 Å². The molecule has 2 rings (SSSR count). The molecule has 0 bridgehead atoms. The second-order valence-corrected chi connectivity index (χ2v) is 8.64. The van der Waals surface area contributed by atoms with Crippen LogP contribution in [-0.2, 0) is 25.5 Å². The maximum Gasteiger partial charge on any atom is 0.326 e. The average Bonchev–Trinajstić information content (AvgIpc) is 2.68. The highest BCUT2D eigenvalue weighted by atomic mass is 16.5. The molecule has 1 saturated heterocycles. The molecule has 1 aliphatic heterocycles. The first kappa shape index (κ1) is 24.6. The largest absolute Gasteiger partial charge is 0.488 e. The van der Waals surface area contributed by atoms with Crippen molar-refractivity contribution in [2.24, 2.45) is 0 Å². The van der Waals surface area contributed by atoms with Crippen LogP contribution in [0.1, 0.15) is 33.3 Å². The average molecular weight is 436 g/mol. The zero-order valence-corrected chi connectivity index (χ0v) is 18.6. The molecule has 1 aliphatic rings. The number of aliphatic carboxylic acids is 1. The van der Waals surface area contributed by atoms with Gasteiger partial charge in [0.25, 0.3) is 0 Å². The van der Waals surface area contributed by atoms with Gasteiger partial charge in [0.15, 0.2) is 0 Å². The number of carboxylic acids is 1. The maximum atomic E-state index is 12.4. The summed E-state index contributed by atoms with van der Waals surface area (Å²) < 4.78 is 11.0. The lowest BCUT2D eigenvalue weighted by molar-refractivity contribution is -0.142. The van der Waals surface area contributed by atoms with E-state index in [4.69, 9.17) is 9.47 Å². The molecule has 1 aromatic rings. The van der Waals surface area contributed by atoms with Crippen LogP contribution in [-0.4, -0.2) is 78.3 Å². The molecule has 1 fully saturated rings. The molecule has 0 aromatic heterocycles. The molecule has 1 heterocycles. The summed E-state index contributed by atoms with van der Waals surface area (Å²) in [6.45, 7) is 10.0. The predicted molar refractivity (Wildman–Crippen MR) is 115 cm³/mol. The quantitative estimate of drug-likeness (QED) is 0.526. The summed E-state index contributed by atoms with van der Waals surface area (Å²) in [5.41, 5.74) is 0.416.